The molecule has 2 saturated heterocycles. The second-order valence-electron chi connectivity index (χ2n) is 5.75. The van der Waals surface area contributed by atoms with Crippen molar-refractivity contribution in [1.82, 2.24) is 10.2 Å². The van der Waals surface area contributed by atoms with Gasteiger partial charge >= 0.3 is 0 Å². The van der Waals surface area contributed by atoms with E-state index in [0.717, 1.165) is 50.1 Å². The molecule has 0 spiro atoms. The SMILES string of the molecule is O=[N+]([O-])c1cc(CN2CCC3CNCC3C2)ccc1Cl. The lowest BCUT2D eigenvalue weighted by molar-refractivity contribution is -0.384. The molecule has 0 amide bonds. The van der Waals surface area contributed by atoms with Gasteiger partial charge in [-0.1, -0.05) is 17.7 Å². The molecular formula is C14H18ClN3O2. The first kappa shape index (κ1) is 13.8. The van der Waals surface area contributed by atoms with Crippen molar-refractivity contribution in [2.45, 2.75) is 13.0 Å². The van der Waals surface area contributed by atoms with Gasteiger partial charge in [-0.25, -0.2) is 0 Å². The minimum absolute atomic E-state index is 0.00147. The molecule has 0 aromatic heterocycles. The highest BCUT2D eigenvalue weighted by atomic mass is 35.5. The Balaban J connectivity index is 1.68. The molecule has 1 N–H and O–H groups in total. The van der Waals surface area contributed by atoms with E-state index in [9.17, 15) is 10.1 Å². The standard InChI is InChI=1S/C14H18ClN3O2/c15-13-2-1-10(5-14(13)18(19)20)8-17-4-3-11-6-16-7-12(11)9-17/h1-2,5,11-12,16H,3-4,6-9H2. The minimum Gasteiger partial charge on any atom is -0.316 e. The molecular weight excluding hydrogens is 278 g/mol. The predicted octanol–water partition coefficient (Wildman–Crippen LogP) is 2.29. The van der Waals surface area contributed by atoms with E-state index in [4.69, 9.17) is 11.6 Å². The fourth-order valence-corrected chi connectivity index (χ4v) is 3.50. The molecule has 0 bridgehead atoms. The van der Waals surface area contributed by atoms with Crippen LogP contribution in [0.25, 0.3) is 0 Å². The Kier molecular flexibility index (Phi) is 3.92. The maximum absolute atomic E-state index is 10.9. The zero-order valence-corrected chi connectivity index (χ0v) is 12.0. The number of hydrogen-bond donors (Lipinski definition) is 1. The highest BCUT2D eigenvalue weighted by Gasteiger charge is 2.32. The maximum atomic E-state index is 10.9. The molecule has 2 aliphatic heterocycles. The van der Waals surface area contributed by atoms with E-state index in [0.29, 0.717) is 0 Å². The molecule has 2 fully saturated rings. The van der Waals surface area contributed by atoms with Gasteiger partial charge in [0, 0.05) is 19.2 Å². The summed E-state index contributed by atoms with van der Waals surface area (Å²) in [4.78, 5) is 12.9. The largest absolute Gasteiger partial charge is 0.316 e. The number of piperidine rings is 1. The summed E-state index contributed by atoms with van der Waals surface area (Å²) in [7, 11) is 0. The van der Waals surface area contributed by atoms with Gasteiger partial charge in [0.1, 0.15) is 5.02 Å². The molecule has 20 heavy (non-hydrogen) atoms. The van der Waals surface area contributed by atoms with Crippen molar-refractivity contribution in [2.24, 2.45) is 11.8 Å². The van der Waals surface area contributed by atoms with E-state index in [2.05, 4.69) is 10.2 Å². The number of halogens is 1. The van der Waals surface area contributed by atoms with Gasteiger partial charge in [0.25, 0.3) is 5.69 Å². The first-order valence-corrected chi connectivity index (χ1v) is 7.37. The molecule has 3 rings (SSSR count). The average Bonchev–Trinajstić information content (AvgIpc) is 2.88. The van der Waals surface area contributed by atoms with E-state index in [-0.39, 0.29) is 10.7 Å². The smallest absolute Gasteiger partial charge is 0.288 e. The Labute approximate surface area is 123 Å². The van der Waals surface area contributed by atoms with Crippen molar-refractivity contribution >= 4 is 17.3 Å². The van der Waals surface area contributed by atoms with Gasteiger partial charge < -0.3 is 5.32 Å². The van der Waals surface area contributed by atoms with Crippen molar-refractivity contribution in [2.75, 3.05) is 26.2 Å². The molecule has 2 unspecified atom stereocenters. The van der Waals surface area contributed by atoms with E-state index >= 15 is 0 Å². The number of fused-ring (bicyclic) bond motifs is 1. The molecule has 1 aromatic carbocycles. The first-order valence-electron chi connectivity index (χ1n) is 6.99. The average molecular weight is 296 g/mol. The number of nitro benzene ring substituents is 1. The number of likely N-dealkylation sites (tertiary alicyclic amines) is 1. The highest BCUT2D eigenvalue weighted by Crippen LogP contribution is 2.29. The lowest BCUT2D eigenvalue weighted by Gasteiger charge is -2.34. The van der Waals surface area contributed by atoms with Crippen LogP contribution in [0.2, 0.25) is 5.02 Å². The lowest BCUT2D eigenvalue weighted by Crippen LogP contribution is -2.39. The van der Waals surface area contributed by atoms with Crippen molar-refractivity contribution in [3.63, 3.8) is 0 Å². The number of benzene rings is 1. The molecule has 5 nitrogen and oxygen atoms in total. The molecule has 2 atom stereocenters. The zero-order valence-electron chi connectivity index (χ0n) is 11.2. The summed E-state index contributed by atoms with van der Waals surface area (Å²) in [6.45, 7) is 5.15. The van der Waals surface area contributed by atoms with Gasteiger partial charge in [-0.2, -0.15) is 0 Å². The van der Waals surface area contributed by atoms with Crippen molar-refractivity contribution in [3.05, 3.63) is 38.9 Å². The predicted molar refractivity (Wildman–Crippen MR) is 77.9 cm³/mol. The number of nitrogens with one attached hydrogen (secondary N) is 1. The summed E-state index contributed by atoms with van der Waals surface area (Å²) in [5.74, 6) is 1.54. The van der Waals surface area contributed by atoms with Crippen LogP contribution in [0.3, 0.4) is 0 Å². The lowest BCUT2D eigenvalue weighted by atomic mass is 9.88. The van der Waals surface area contributed by atoms with E-state index in [1.54, 1.807) is 12.1 Å². The van der Waals surface area contributed by atoms with Crippen LogP contribution in [-0.4, -0.2) is 36.0 Å². The molecule has 6 heteroatoms. The van der Waals surface area contributed by atoms with E-state index in [1.165, 1.54) is 6.42 Å². The first-order chi connectivity index (χ1) is 9.63. The fourth-order valence-electron chi connectivity index (χ4n) is 3.31. The Morgan fingerprint density at radius 2 is 2.20 bits per heavy atom. The Bertz CT molecular complexity index is 523. The Morgan fingerprint density at radius 3 is 3.00 bits per heavy atom. The Hall–Kier alpha value is -1.17. The van der Waals surface area contributed by atoms with Crippen LogP contribution >= 0.6 is 11.6 Å². The van der Waals surface area contributed by atoms with Crippen LogP contribution in [0.15, 0.2) is 18.2 Å². The molecule has 1 aromatic rings. The second-order valence-corrected chi connectivity index (χ2v) is 6.15. The molecule has 2 aliphatic rings. The molecule has 0 saturated carbocycles. The van der Waals surface area contributed by atoms with Crippen molar-refractivity contribution in [1.29, 1.82) is 0 Å². The summed E-state index contributed by atoms with van der Waals surface area (Å²) in [5, 5.41) is 14.6. The summed E-state index contributed by atoms with van der Waals surface area (Å²) >= 11 is 5.84. The number of rotatable bonds is 3. The van der Waals surface area contributed by atoms with Crippen LogP contribution in [-0.2, 0) is 6.54 Å². The van der Waals surface area contributed by atoms with Crippen LogP contribution in [0, 0.1) is 22.0 Å². The van der Waals surface area contributed by atoms with Gasteiger partial charge in [0.15, 0.2) is 0 Å². The monoisotopic (exact) mass is 295 g/mol. The molecule has 108 valence electrons. The fraction of sp³-hybridized carbons (Fsp3) is 0.571. The van der Waals surface area contributed by atoms with Gasteiger partial charge in [-0.3, -0.25) is 15.0 Å². The quantitative estimate of drug-likeness (QED) is 0.686. The summed E-state index contributed by atoms with van der Waals surface area (Å²) in [6.07, 6.45) is 1.22. The Morgan fingerprint density at radius 1 is 1.40 bits per heavy atom. The van der Waals surface area contributed by atoms with Gasteiger partial charge in [-0.05, 0) is 49.5 Å². The summed E-state index contributed by atoms with van der Waals surface area (Å²) in [6, 6.07) is 5.11. The van der Waals surface area contributed by atoms with Crippen LogP contribution in [0.5, 0.6) is 0 Å². The van der Waals surface area contributed by atoms with Gasteiger partial charge in [0.2, 0.25) is 0 Å². The molecule has 0 radical (unpaired) electrons. The third kappa shape index (κ3) is 2.80. The van der Waals surface area contributed by atoms with Crippen molar-refractivity contribution in [3.8, 4) is 0 Å². The molecule has 2 heterocycles. The zero-order chi connectivity index (χ0) is 14.1. The summed E-state index contributed by atoms with van der Waals surface area (Å²) < 4.78 is 0. The minimum atomic E-state index is -0.418. The van der Waals surface area contributed by atoms with Crippen LogP contribution in [0.4, 0.5) is 5.69 Å². The topological polar surface area (TPSA) is 58.4 Å². The van der Waals surface area contributed by atoms with Gasteiger partial charge in [0.05, 0.1) is 4.92 Å². The van der Waals surface area contributed by atoms with E-state index in [1.807, 2.05) is 6.07 Å². The maximum Gasteiger partial charge on any atom is 0.288 e. The molecule has 0 aliphatic carbocycles. The third-order valence-corrected chi connectivity index (χ3v) is 4.72. The normalized spacial score (nSPS) is 26.4. The van der Waals surface area contributed by atoms with E-state index < -0.39 is 4.92 Å². The highest BCUT2D eigenvalue weighted by molar-refractivity contribution is 6.32. The number of nitrogens with zero attached hydrogens (tertiary/aromatic N) is 2. The van der Waals surface area contributed by atoms with Crippen molar-refractivity contribution < 1.29 is 4.92 Å². The van der Waals surface area contributed by atoms with Crippen LogP contribution < -0.4 is 5.32 Å². The van der Waals surface area contributed by atoms with Crippen LogP contribution in [0.1, 0.15) is 12.0 Å². The van der Waals surface area contributed by atoms with Gasteiger partial charge in [-0.15, -0.1) is 0 Å². The number of hydrogen-bond acceptors (Lipinski definition) is 4. The third-order valence-electron chi connectivity index (χ3n) is 4.40. The summed E-state index contributed by atoms with van der Waals surface area (Å²) in [5.41, 5.74) is 0.965. The number of nitro groups is 1. The second kappa shape index (κ2) is 5.68.